The molecule has 5 heteroatoms. The first-order valence-corrected chi connectivity index (χ1v) is 5.98. The third kappa shape index (κ3) is 2.90. The van der Waals surface area contributed by atoms with Gasteiger partial charge in [-0.15, -0.1) is 0 Å². The van der Waals surface area contributed by atoms with E-state index in [1.165, 1.54) is 6.20 Å². The van der Waals surface area contributed by atoms with E-state index in [0.717, 1.165) is 11.3 Å². The van der Waals surface area contributed by atoms with Crippen LogP contribution >= 0.6 is 11.6 Å². The van der Waals surface area contributed by atoms with E-state index in [-0.39, 0.29) is 6.10 Å². The molecule has 0 saturated carbocycles. The Morgan fingerprint density at radius 3 is 2.61 bits per heavy atom. The van der Waals surface area contributed by atoms with Crippen LogP contribution in [0.15, 0.2) is 30.6 Å². The molecule has 1 aromatic carbocycles. The fraction of sp³-hybridized carbons (Fsp3) is 0.231. The molecule has 2 N–H and O–H groups in total. The molecule has 18 heavy (non-hydrogen) atoms. The van der Waals surface area contributed by atoms with Crippen LogP contribution in [0.3, 0.4) is 0 Å². The summed E-state index contributed by atoms with van der Waals surface area (Å²) in [5.41, 5.74) is 7.13. The Kier molecular flexibility index (Phi) is 3.67. The third-order valence-electron chi connectivity index (χ3n) is 2.26. The fourth-order valence-electron chi connectivity index (χ4n) is 1.49. The van der Waals surface area contributed by atoms with Crippen molar-refractivity contribution in [1.29, 1.82) is 0 Å². The number of nitrogens with zero attached hydrogens (tertiary/aromatic N) is 2. The van der Waals surface area contributed by atoms with Crippen LogP contribution in [0, 0.1) is 0 Å². The van der Waals surface area contributed by atoms with Gasteiger partial charge in [0.05, 0.1) is 29.2 Å². The van der Waals surface area contributed by atoms with Crippen LogP contribution in [0.25, 0.3) is 11.3 Å². The second-order valence-electron chi connectivity index (χ2n) is 4.14. The van der Waals surface area contributed by atoms with E-state index in [2.05, 4.69) is 9.97 Å². The number of anilines is 1. The van der Waals surface area contributed by atoms with Crippen molar-refractivity contribution < 1.29 is 4.74 Å². The largest absolute Gasteiger partial charge is 0.489 e. The average molecular weight is 264 g/mol. The molecule has 0 unspecified atom stereocenters. The van der Waals surface area contributed by atoms with Crippen LogP contribution in [-0.4, -0.2) is 16.1 Å². The second kappa shape index (κ2) is 5.23. The molecule has 2 aromatic rings. The first-order valence-electron chi connectivity index (χ1n) is 5.60. The smallest absolute Gasteiger partial charge is 0.141 e. The summed E-state index contributed by atoms with van der Waals surface area (Å²) in [5.74, 6) is 1.04. The number of benzene rings is 1. The van der Waals surface area contributed by atoms with Crippen molar-refractivity contribution in [2.75, 3.05) is 5.73 Å². The van der Waals surface area contributed by atoms with Gasteiger partial charge in [0.15, 0.2) is 0 Å². The molecule has 0 aliphatic carbocycles. The lowest BCUT2D eigenvalue weighted by molar-refractivity contribution is 0.242. The van der Waals surface area contributed by atoms with Gasteiger partial charge in [0.2, 0.25) is 0 Å². The minimum absolute atomic E-state index is 0.0650. The van der Waals surface area contributed by atoms with Crippen LogP contribution in [0.1, 0.15) is 13.8 Å². The van der Waals surface area contributed by atoms with E-state index in [1.807, 2.05) is 26.0 Å². The molecule has 0 aliphatic rings. The maximum atomic E-state index is 6.07. The normalized spacial score (nSPS) is 10.7. The van der Waals surface area contributed by atoms with Crippen molar-refractivity contribution in [2.45, 2.75) is 20.0 Å². The zero-order valence-electron chi connectivity index (χ0n) is 10.2. The Labute approximate surface area is 111 Å². The Balaban J connectivity index is 2.37. The van der Waals surface area contributed by atoms with Crippen LogP contribution in [-0.2, 0) is 0 Å². The van der Waals surface area contributed by atoms with Crippen molar-refractivity contribution in [3.05, 3.63) is 35.6 Å². The Bertz CT molecular complexity index is 540. The summed E-state index contributed by atoms with van der Waals surface area (Å²) >= 11 is 6.07. The van der Waals surface area contributed by atoms with E-state index in [9.17, 15) is 0 Å². The van der Waals surface area contributed by atoms with E-state index in [1.54, 1.807) is 12.3 Å². The van der Waals surface area contributed by atoms with Crippen molar-refractivity contribution in [1.82, 2.24) is 9.97 Å². The summed E-state index contributed by atoms with van der Waals surface area (Å²) in [6.45, 7) is 3.90. The second-order valence-corrected chi connectivity index (χ2v) is 4.55. The molecule has 0 spiro atoms. The lowest BCUT2D eigenvalue weighted by Crippen LogP contribution is -2.06. The average Bonchev–Trinajstić information content (AvgIpc) is 2.32. The van der Waals surface area contributed by atoms with Crippen LogP contribution < -0.4 is 10.5 Å². The molecule has 2 rings (SSSR count). The van der Waals surface area contributed by atoms with Gasteiger partial charge in [0.25, 0.3) is 0 Å². The number of hydrogen-bond acceptors (Lipinski definition) is 4. The van der Waals surface area contributed by atoms with E-state index >= 15 is 0 Å². The quantitative estimate of drug-likeness (QED) is 0.924. The van der Waals surface area contributed by atoms with Crippen molar-refractivity contribution in [3.8, 4) is 17.0 Å². The fourth-order valence-corrected chi connectivity index (χ4v) is 1.66. The first-order chi connectivity index (χ1) is 8.56. The zero-order valence-corrected chi connectivity index (χ0v) is 11.0. The van der Waals surface area contributed by atoms with Crippen molar-refractivity contribution >= 4 is 17.4 Å². The molecule has 0 aliphatic heterocycles. The molecule has 0 radical (unpaired) electrons. The van der Waals surface area contributed by atoms with Crippen molar-refractivity contribution in [2.24, 2.45) is 0 Å². The monoisotopic (exact) mass is 263 g/mol. The van der Waals surface area contributed by atoms with Gasteiger partial charge in [-0.05, 0) is 26.0 Å². The summed E-state index contributed by atoms with van der Waals surface area (Å²) in [6.07, 6.45) is 3.21. The molecule has 1 heterocycles. The molecule has 0 bridgehead atoms. The highest BCUT2D eigenvalue weighted by molar-refractivity contribution is 6.32. The summed E-state index contributed by atoms with van der Waals surface area (Å²) in [7, 11) is 0. The van der Waals surface area contributed by atoms with Gasteiger partial charge in [-0.2, -0.15) is 0 Å². The molecule has 0 fully saturated rings. The predicted molar refractivity (Wildman–Crippen MR) is 72.7 cm³/mol. The van der Waals surface area contributed by atoms with E-state index in [0.29, 0.717) is 16.6 Å². The van der Waals surface area contributed by atoms with Gasteiger partial charge in [0, 0.05) is 5.56 Å². The minimum atomic E-state index is 0.0650. The SMILES string of the molecule is CC(C)Oc1cc(-c2cnc(N)cn2)ccc1Cl. The highest BCUT2D eigenvalue weighted by Gasteiger charge is 2.07. The topological polar surface area (TPSA) is 61.0 Å². The summed E-state index contributed by atoms with van der Waals surface area (Å²) in [6, 6.07) is 5.50. The Hall–Kier alpha value is -1.81. The van der Waals surface area contributed by atoms with Gasteiger partial charge in [-0.3, -0.25) is 4.98 Å². The maximum Gasteiger partial charge on any atom is 0.141 e. The zero-order chi connectivity index (χ0) is 13.1. The molecule has 0 saturated heterocycles. The van der Waals surface area contributed by atoms with Gasteiger partial charge in [0.1, 0.15) is 11.6 Å². The van der Waals surface area contributed by atoms with Gasteiger partial charge < -0.3 is 10.5 Å². The molecule has 94 valence electrons. The third-order valence-corrected chi connectivity index (χ3v) is 2.57. The summed E-state index contributed by atoms with van der Waals surface area (Å²) in [4.78, 5) is 8.22. The number of hydrogen-bond donors (Lipinski definition) is 1. The van der Waals surface area contributed by atoms with Crippen molar-refractivity contribution in [3.63, 3.8) is 0 Å². The van der Waals surface area contributed by atoms with Gasteiger partial charge in [-0.1, -0.05) is 17.7 Å². The predicted octanol–water partition coefficient (Wildman–Crippen LogP) is 3.17. The van der Waals surface area contributed by atoms with Crippen LogP contribution in [0.4, 0.5) is 5.82 Å². The van der Waals surface area contributed by atoms with Crippen LogP contribution in [0.5, 0.6) is 5.75 Å². The highest BCUT2D eigenvalue weighted by Crippen LogP contribution is 2.30. The summed E-state index contributed by atoms with van der Waals surface area (Å²) in [5, 5.41) is 0.579. The molecule has 0 atom stereocenters. The first kappa shape index (κ1) is 12.6. The maximum absolute atomic E-state index is 6.07. The van der Waals surface area contributed by atoms with E-state index < -0.39 is 0 Å². The number of halogens is 1. The molecule has 1 aromatic heterocycles. The molecular weight excluding hydrogens is 250 g/mol. The molecule has 0 amide bonds. The lowest BCUT2D eigenvalue weighted by atomic mass is 10.1. The summed E-state index contributed by atoms with van der Waals surface area (Å²) < 4.78 is 5.63. The number of ether oxygens (including phenoxy) is 1. The number of nitrogen functional groups attached to an aromatic ring is 1. The van der Waals surface area contributed by atoms with E-state index in [4.69, 9.17) is 22.1 Å². The molecule has 4 nitrogen and oxygen atoms in total. The van der Waals surface area contributed by atoms with Gasteiger partial charge >= 0.3 is 0 Å². The number of nitrogens with two attached hydrogens (primary N) is 1. The number of rotatable bonds is 3. The van der Waals surface area contributed by atoms with Gasteiger partial charge in [-0.25, -0.2) is 4.98 Å². The number of aromatic nitrogens is 2. The lowest BCUT2D eigenvalue weighted by Gasteiger charge is -2.12. The highest BCUT2D eigenvalue weighted by atomic mass is 35.5. The molecular formula is C13H14ClN3O. The minimum Gasteiger partial charge on any atom is -0.489 e. The Morgan fingerprint density at radius 2 is 2.00 bits per heavy atom. The Morgan fingerprint density at radius 1 is 1.22 bits per heavy atom. The van der Waals surface area contributed by atoms with Crippen LogP contribution in [0.2, 0.25) is 5.02 Å². The standard InChI is InChI=1S/C13H14ClN3O/c1-8(2)18-12-5-9(3-4-10(12)14)11-6-17-13(15)7-16-11/h3-8H,1-2H3,(H2,15,17).